The number of hydrogen-bond acceptors (Lipinski definition) is 3. The lowest BCUT2D eigenvalue weighted by atomic mass is 10.0. The number of hydrogen-bond donors (Lipinski definition) is 3. The number of nitrogens with zero attached hydrogens (tertiary/aromatic N) is 1. The number of urea groups is 1. The zero-order chi connectivity index (χ0) is 13.8. The molecule has 1 aliphatic carbocycles. The third-order valence-electron chi connectivity index (χ3n) is 3.28. The largest absolute Gasteiger partial charge is 0.480 e. The van der Waals surface area contributed by atoms with Gasteiger partial charge in [-0.1, -0.05) is 6.92 Å². The number of nitrogens with two attached hydrogens (primary N) is 1. The molecule has 0 aromatic carbocycles. The molecule has 1 saturated carbocycles. The standard InChI is InChI=1S/C11H19N3O4/c1-2-11(3-4-11)7-13-10(18)14(5-8(12)15)6-9(16)17/h2-7H2,1H3,(H2,12,15)(H,13,18)(H,16,17). The molecule has 0 aromatic heterocycles. The Labute approximate surface area is 105 Å². The topological polar surface area (TPSA) is 113 Å². The molecule has 0 radical (unpaired) electrons. The maximum atomic E-state index is 11.7. The molecule has 4 N–H and O–H groups in total. The van der Waals surface area contributed by atoms with Crippen LogP contribution in [-0.2, 0) is 9.59 Å². The number of carboxylic acid groups (broad SMARTS) is 1. The fraction of sp³-hybridized carbons (Fsp3) is 0.727. The van der Waals surface area contributed by atoms with Crippen molar-refractivity contribution in [2.75, 3.05) is 19.6 Å². The van der Waals surface area contributed by atoms with Gasteiger partial charge < -0.3 is 21.1 Å². The van der Waals surface area contributed by atoms with Gasteiger partial charge in [0.1, 0.15) is 13.1 Å². The van der Waals surface area contributed by atoms with Crippen LogP contribution in [0.15, 0.2) is 0 Å². The summed E-state index contributed by atoms with van der Waals surface area (Å²) in [6, 6.07) is -0.559. The minimum atomic E-state index is -1.18. The Morgan fingerprint density at radius 2 is 1.94 bits per heavy atom. The number of aliphatic carboxylic acids is 1. The molecular weight excluding hydrogens is 238 g/mol. The molecule has 18 heavy (non-hydrogen) atoms. The van der Waals surface area contributed by atoms with Crippen LogP contribution in [0.3, 0.4) is 0 Å². The summed E-state index contributed by atoms with van der Waals surface area (Å²) < 4.78 is 0. The Kier molecular flexibility index (Phi) is 4.52. The summed E-state index contributed by atoms with van der Waals surface area (Å²) in [7, 11) is 0. The lowest BCUT2D eigenvalue weighted by molar-refractivity contribution is -0.137. The lowest BCUT2D eigenvalue weighted by Gasteiger charge is -2.21. The van der Waals surface area contributed by atoms with Gasteiger partial charge in [-0.25, -0.2) is 4.79 Å². The van der Waals surface area contributed by atoms with Gasteiger partial charge in [0.05, 0.1) is 0 Å². The summed E-state index contributed by atoms with van der Waals surface area (Å²) in [5, 5.41) is 11.3. The maximum absolute atomic E-state index is 11.7. The molecule has 1 fully saturated rings. The van der Waals surface area contributed by atoms with Crippen LogP contribution in [0.1, 0.15) is 26.2 Å². The number of carboxylic acids is 1. The fourth-order valence-electron chi connectivity index (χ4n) is 1.76. The second-order valence-electron chi connectivity index (χ2n) is 4.73. The van der Waals surface area contributed by atoms with Crippen molar-refractivity contribution >= 4 is 17.9 Å². The molecule has 0 atom stereocenters. The summed E-state index contributed by atoms with van der Waals surface area (Å²) in [4.78, 5) is 34.0. The van der Waals surface area contributed by atoms with Gasteiger partial charge in [-0.15, -0.1) is 0 Å². The van der Waals surface area contributed by atoms with Gasteiger partial charge in [0.2, 0.25) is 5.91 Å². The van der Waals surface area contributed by atoms with Crippen molar-refractivity contribution in [2.24, 2.45) is 11.1 Å². The van der Waals surface area contributed by atoms with Crippen LogP contribution < -0.4 is 11.1 Å². The van der Waals surface area contributed by atoms with Crippen LogP contribution in [0.5, 0.6) is 0 Å². The van der Waals surface area contributed by atoms with Gasteiger partial charge in [-0.05, 0) is 24.7 Å². The minimum absolute atomic E-state index is 0.164. The highest BCUT2D eigenvalue weighted by Gasteiger charge is 2.40. The van der Waals surface area contributed by atoms with E-state index in [1.807, 2.05) is 0 Å². The van der Waals surface area contributed by atoms with Crippen molar-refractivity contribution in [2.45, 2.75) is 26.2 Å². The molecule has 1 rings (SSSR count). The molecule has 0 unspecified atom stereocenters. The van der Waals surface area contributed by atoms with Crippen LogP contribution in [0.4, 0.5) is 4.79 Å². The highest BCUT2D eigenvalue weighted by atomic mass is 16.4. The molecule has 0 spiro atoms. The van der Waals surface area contributed by atoms with E-state index < -0.39 is 31.0 Å². The van der Waals surface area contributed by atoms with Gasteiger partial charge in [0, 0.05) is 6.54 Å². The predicted molar refractivity (Wildman–Crippen MR) is 63.8 cm³/mol. The second-order valence-corrected chi connectivity index (χ2v) is 4.73. The Hall–Kier alpha value is -1.79. The summed E-state index contributed by atoms with van der Waals surface area (Å²) in [6.07, 6.45) is 3.11. The van der Waals surface area contributed by atoms with Gasteiger partial charge in [-0.3, -0.25) is 9.59 Å². The molecule has 0 bridgehead atoms. The molecular formula is C11H19N3O4. The van der Waals surface area contributed by atoms with E-state index in [0.717, 1.165) is 24.2 Å². The normalized spacial score (nSPS) is 15.8. The first-order valence-electron chi connectivity index (χ1n) is 5.91. The van der Waals surface area contributed by atoms with E-state index in [-0.39, 0.29) is 5.41 Å². The first-order chi connectivity index (χ1) is 8.38. The lowest BCUT2D eigenvalue weighted by Crippen LogP contribution is -2.47. The Bertz CT molecular complexity index is 336. The summed E-state index contributed by atoms with van der Waals surface area (Å²) in [5.74, 6) is -1.91. The van der Waals surface area contributed by atoms with Gasteiger partial charge >= 0.3 is 12.0 Å². The van der Waals surface area contributed by atoms with Crippen LogP contribution in [0.2, 0.25) is 0 Å². The van der Waals surface area contributed by atoms with Crippen molar-refractivity contribution in [3.05, 3.63) is 0 Å². The number of rotatable bonds is 7. The first kappa shape index (κ1) is 14.3. The molecule has 7 nitrogen and oxygen atoms in total. The highest BCUT2D eigenvalue weighted by molar-refractivity contribution is 5.85. The van der Waals surface area contributed by atoms with Crippen LogP contribution in [-0.4, -0.2) is 47.5 Å². The van der Waals surface area contributed by atoms with E-state index in [9.17, 15) is 14.4 Å². The van der Waals surface area contributed by atoms with Crippen molar-refractivity contribution < 1.29 is 19.5 Å². The zero-order valence-electron chi connectivity index (χ0n) is 10.4. The van der Waals surface area contributed by atoms with Crippen LogP contribution in [0, 0.1) is 5.41 Å². The average molecular weight is 257 g/mol. The van der Waals surface area contributed by atoms with E-state index in [0.29, 0.717) is 6.54 Å². The smallest absolute Gasteiger partial charge is 0.323 e. The summed E-state index contributed by atoms with van der Waals surface area (Å²) >= 11 is 0. The van der Waals surface area contributed by atoms with Gasteiger partial charge in [-0.2, -0.15) is 0 Å². The second kappa shape index (κ2) is 5.70. The Morgan fingerprint density at radius 1 is 1.33 bits per heavy atom. The number of primary amides is 1. The van der Waals surface area contributed by atoms with Crippen molar-refractivity contribution in [1.82, 2.24) is 10.2 Å². The Morgan fingerprint density at radius 3 is 2.33 bits per heavy atom. The van der Waals surface area contributed by atoms with Gasteiger partial charge in [0.25, 0.3) is 0 Å². The van der Waals surface area contributed by atoms with Crippen LogP contribution in [0.25, 0.3) is 0 Å². The summed E-state index contributed by atoms with van der Waals surface area (Å²) in [5.41, 5.74) is 5.14. The molecule has 0 heterocycles. The third-order valence-corrected chi connectivity index (χ3v) is 3.28. The van der Waals surface area contributed by atoms with E-state index in [2.05, 4.69) is 12.2 Å². The number of amides is 3. The van der Waals surface area contributed by atoms with E-state index in [4.69, 9.17) is 10.8 Å². The quantitative estimate of drug-likeness (QED) is 0.584. The van der Waals surface area contributed by atoms with Crippen LogP contribution >= 0.6 is 0 Å². The first-order valence-corrected chi connectivity index (χ1v) is 5.91. The number of carbonyl (C=O) groups is 3. The van der Waals surface area contributed by atoms with E-state index >= 15 is 0 Å². The SMILES string of the molecule is CCC1(CNC(=O)N(CC(N)=O)CC(=O)O)CC1. The molecule has 7 heteroatoms. The monoisotopic (exact) mass is 257 g/mol. The van der Waals surface area contributed by atoms with E-state index in [1.54, 1.807) is 0 Å². The number of nitrogens with one attached hydrogen (secondary N) is 1. The minimum Gasteiger partial charge on any atom is -0.480 e. The molecule has 1 aliphatic rings. The van der Waals surface area contributed by atoms with Gasteiger partial charge in [0.15, 0.2) is 0 Å². The molecule has 3 amide bonds. The van der Waals surface area contributed by atoms with Crippen molar-refractivity contribution in [3.63, 3.8) is 0 Å². The Balaban J connectivity index is 2.47. The highest BCUT2D eigenvalue weighted by Crippen LogP contribution is 2.47. The maximum Gasteiger partial charge on any atom is 0.323 e. The van der Waals surface area contributed by atoms with E-state index in [1.165, 1.54) is 0 Å². The molecule has 0 saturated heterocycles. The zero-order valence-corrected chi connectivity index (χ0v) is 10.4. The summed E-state index contributed by atoms with van der Waals surface area (Å²) in [6.45, 7) is 1.64. The third kappa shape index (κ3) is 4.23. The number of carbonyl (C=O) groups excluding carboxylic acids is 2. The molecule has 0 aliphatic heterocycles. The average Bonchev–Trinajstić information content (AvgIpc) is 3.04. The molecule has 0 aromatic rings. The fourth-order valence-corrected chi connectivity index (χ4v) is 1.76. The van der Waals surface area contributed by atoms with Crippen molar-refractivity contribution in [1.29, 1.82) is 0 Å². The van der Waals surface area contributed by atoms with Crippen molar-refractivity contribution in [3.8, 4) is 0 Å². The predicted octanol–water partition coefficient (Wildman–Crippen LogP) is -0.242. The molecule has 102 valence electrons.